The van der Waals surface area contributed by atoms with E-state index in [1.165, 1.54) is 5.56 Å². The Morgan fingerprint density at radius 3 is 2.61 bits per heavy atom. The van der Waals surface area contributed by atoms with Crippen molar-refractivity contribution in [1.29, 1.82) is 0 Å². The zero-order valence-electron chi connectivity index (χ0n) is 17.2. The highest BCUT2D eigenvalue weighted by Crippen LogP contribution is 2.28. The van der Waals surface area contributed by atoms with Crippen molar-refractivity contribution in [2.75, 3.05) is 5.32 Å². The fourth-order valence-corrected chi connectivity index (χ4v) is 3.69. The Bertz CT molecular complexity index is 1240. The topological polar surface area (TPSA) is 111 Å². The molecule has 1 unspecified atom stereocenters. The molecule has 0 saturated carbocycles. The predicted molar refractivity (Wildman–Crippen MR) is 124 cm³/mol. The third-order valence-electron chi connectivity index (χ3n) is 5.11. The van der Waals surface area contributed by atoms with Gasteiger partial charge in [-0.25, -0.2) is 9.98 Å². The number of aliphatic imine (C=N–C) groups is 1. The van der Waals surface area contributed by atoms with Crippen molar-refractivity contribution in [2.45, 2.75) is 19.4 Å². The highest BCUT2D eigenvalue weighted by molar-refractivity contribution is 6.05. The first-order chi connectivity index (χ1) is 15.0. The number of nitrogens with two attached hydrogens (primary N) is 2. The van der Waals surface area contributed by atoms with Gasteiger partial charge in [0.15, 0.2) is 5.96 Å². The summed E-state index contributed by atoms with van der Waals surface area (Å²) in [6, 6.07) is 23.0. The highest BCUT2D eigenvalue weighted by atomic mass is 16.1. The molecule has 0 spiro atoms. The Labute approximate surface area is 180 Å². The number of carbonyl (C=O) groups is 1. The van der Waals surface area contributed by atoms with E-state index < -0.39 is 0 Å². The molecule has 0 bridgehead atoms. The van der Waals surface area contributed by atoms with E-state index >= 15 is 0 Å². The molecule has 0 aliphatic rings. The van der Waals surface area contributed by atoms with Crippen molar-refractivity contribution in [3.8, 4) is 0 Å². The summed E-state index contributed by atoms with van der Waals surface area (Å²) < 4.78 is 2.15. The van der Waals surface area contributed by atoms with Gasteiger partial charge in [-0.1, -0.05) is 43.3 Å². The molecule has 1 heterocycles. The molecule has 1 atom stereocenters. The SMILES string of the molecule is CCC(c1ccccc1)n1cnc2ccc(NC(=O)c3cccc(N=C(N)N)c3)cc21. The molecule has 1 amide bonds. The molecule has 0 aliphatic carbocycles. The summed E-state index contributed by atoms with van der Waals surface area (Å²) in [5, 5.41) is 2.95. The van der Waals surface area contributed by atoms with Crippen LogP contribution in [0.5, 0.6) is 0 Å². The lowest BCUT2D eigenvalue weighted by molar-refractivity contribution is 0.102. The number of nitrogens with one attached hydrogen (secondary N) is 1. The van der Waals surface area contributed by atoms with Gasteiger partial charge in [0.1, 0.15) is 0 Å². The van der Waals surface area contributed by atoms with Gasteiger partial charge in [-0.3, -0.25) is 4.79 Å². The van der Waals surface area contributed by atoms with Gasteiger partial charge >= 0.3 is 0 Å². The lowest BCUT2D eigenvalue weighted by Gasteiger charge is -2.18. The molecule has 0 saturated heterocycles. The fraction of sp³-hybridized carbons (Fsp3) is 0.125. The van der Waals surface area contributed by atoms with Gasteiger partial charge in [-0.05, 0) is 48.4 Å². The molecule has 1 aromatic heterocycles. The monoisotopic (exact) mass is 412 g/mol. The van der Waals surface area contributed by atoms with Crippen LogP contribution in [0.4, 0.5) is 11.4 Å². The number of hydrogen-bond donors (Lipinski definition) is 3. The van der Waals surface area contributed by atoms with Crippen molar-refractivity contribution in [3.63, 3.8) is 0 Å². The van der Waals surface area contributed by atoms with Gasteiger partial charge in [0, 0.05) is 11.3 Å². The van der Waals surface area contributed by atoms with Crippen LogP contribution in [-0.4, -0.2) is 21.4 Å². The second-order valence-corrected chi connectivity index (χ2v) is 7.23. The Kier molecular flexibility index (Phi) is 5.66. The molecule has 7 nitrogen and oxygen atoms in total. The predicted octanol–water partition coefficient (Wildman–Crippen LogP) is 4.19. The smallest absolute Gasteiger partial charge is 0.255 e. The summed E-state index contributed by atoms with van der Waals surface area (Å²) in [6.45, 7) is 2.15. The minimum Gasteiger partial charge on any atom is -0.370 e. The maximum absolute atomic E-state index is 12.8. The van der Waals surface area contributed by atoms with Crippen LogP contribution in [0.25, 0.3) is 11.0 Å². The second-order valence-electron chi connectivity index (χ2n) is 7.23. The minimum atomic E-state index is -0.242. The Balaban J connectivity index is 1.63. The van der Waals surface area contributed by atoms with Crippen LogP contribution in [0.1, 0.15) is 35.3 Å². The lowest BCUT2D eigenvalue weighted by atomic mass is 10.0. The number of benzene rings is 3. The van der Waals surface area contributed by atoms with Gasteiger partial charge in [-0.2, -0.15) is 0 Å². The average molecular weight is 412 g/mol. The van der Waals surface area contributed by atoms with Crippen molar-refractivity contribution in [3.05, 3.63) is 90.3 Å². The number of amides is 1. The summed E-state index contributed by atoms with van der Waals surface area (Å²) in [7, 11) is 0. The van der Waals surface area contributed by atoms with Gasteiger partial charge < -0.3 is 21.4 Å². The summed E-state index contributed by atoms with van der Waals surface area (Å²) in [4.78, 5) is 21.3. The van der Waals surface area contributed by atoms with Gasteiger partial charge in [-0.15, -0.1) is 0 Å². The zero-order valence-corrected chi connectivity index (χ0v) is 17.2. The van der Waals surface area contributed by atoms with Gasteiger partial charge in [0.05, 0.1) is 29.1 Å². The van der Waals surface area contributed by atoms with E-state index in [2.05, 4.69) is 38.9 Å². The van der Waals surface area contributed by atoms with Crippen LogP contribution in [0.15, 0.2) is 84.1 Å². The number of anilines is 1. The molecule has 0 fully saturated rings. The van der Waals surface area contributed by atoms with E-state index in [-0.39, 0.29) is 17.9 Å². The average Bonchev–Trinajstić information content (AvgIpc) is 3.18. The minimum absolute atomic E-state index is 0.0554. The molecule has 3 aromatic carbocycles. The molecule has 156 valence electrons. The summed E-state index contributed by atoms with van der Waals surface area (Å²) in [6.07, 6.45) is 2.78. The van der Waals surface area contributed by atoms with E-state index in [1.54, 1.807) is 24.3 Å². The Morgan fingerprint density at radius 1 is 1.06 bits per heavy atom. The van der Waals surface area contributed by atoms with Crippen LogP contribution in [0.3, 0.4) is 0 Å². The molecule has 4 aromatic rings. The van der Waals surface area contributed by atoms with Crippen molar-refractivity contribution < 1.29 is 4.79 Å². The maximum atomic E-state index is 12.8. The van der Waals surface area contributed by atoms with Crippen LogP contribution < -0.4 is 16.8 Å². The largest absolute Gasteiger partial charge is 0.370 e. The van der Waals surface area contributed by atoms with E-state index in [1.807, 2.05) is 42.7 Å². The number of guanidine groups is 1. The molecular weight excluding hydrogens is 388 g/mol. The second kappa shape index (κ2) is 8.71. The maximum Gasteiger partial charge on any atom is 0.255 e. The number of fused-ring (bicyclic) bond motifs is 1. The van der Waals surface area contributed by atoms with Crippen molar-refractivity contribution in [1.82, 2.24) is 9.55 Å². The van der Waals surface area contributed by atoms with Crippen molar-refractivity contribution in [2.24, 2.45) is 16.5 Å². The zero-order chi connectivity index (χ0) is 21.8. The molecule has 7 heteroatoms. The quantitative estimate of drug-likeness (QED) is 0.326. The highest BCUT2D eigenvalue weighted by Gasteiger charge is 2.15. The van der Waals surface area contributed by atoms with E-state index in [9.17, 15) is 4.79 Å². The molecule has 31 heavy (non-hydrogen) atoms. The van der Waals surface area contributed by atoms with Crippen LogP contribution in [-0.2, 0) is 0 Å². The van der Waals surface area contributed by atoms with Crippen LogP contribution in [0, 0.1) is 0 Å². The summed E-state index contributed by atoms with van der Waals surface area (Å²) >= 11 is 0. The molecule has 5 N–H and O–H groups in total. The standard InChI is InChI=1S/C24H24N6O/c1-2-21(16-7-4-3-5-8-16)30-15-27-20-12-11-19(14-22(20)30)28-23(31)17-9-6-10-18(13-17)29-24(25)26/h3-15,21H,2H2,1H3,(H,28,31)(H4,25,26,29). The third-order valence-corrected chi connectivity index (χ3v) is 5.11. The van der Waals surface area contributed by atoms with E-state index in [0.717, 1.165) is 17.5 Å². The number of hydrogen-bond acceptors (Lipinski definition) is 3. The van der Waals surface area contributed by atoms with Crippen molar-refractivity contribution >= 4 is 34.3 Å². The lowest BCUT2D eigenvalue weighted by Crippen LogP contribution is -2.21. The normalized spacial score (nSPS) is 11.8. The molecule has 4 rings (SSSR count). The number of carbonyl (C=O) groups excluding carboxylic acids is 1. The number of aromatic nitrogens is 2. The Morgan fingerprint density at radius 2 is 1.87 bits per heavy atom. The van der Waals surface area contributed by atoms with E-state index in [4.69, 9.17) is 11.5 Å². The molecular formula is C24H24N6O. The summed E-state index contributed by atoms with van der Waals surface area (Å²) in [5.41, 5.74) is 15.6. The first kappa shape index (κ1) is 20.2. The Hall–Kier alpha value is -4.13. The van der Waals surface area contributed by atoms with E-state index in [0.29, 0.717) is 16.9 Å². The third kappa shape index (κ3) is 4.40. The summed E-state index contributed by atoms with van der Waals surface area (Å²) in [5.74, 6) is -0.298. The first-order valence-corrected chi connectivity index (χ1v) is 10.1. The van der Waals surface area contributed by atoms with Crippen LogP contribution in [0.2, 0.25) is 0 Å². The van der Waals surface area contributed by atoms with Gasteiger partial charge in [0.25, 0.3) is 5.91 Å². The number of rotatable bonds is 6. The van der Waals surface area contributed by atoms with Gasteiger partial charge in [0.2, 0.25) is 0 Å². The number of imidazole rings is 1. The molecule has 0 radical (unpaired) electrons. The number of nitrogens with zero attached hydrogens (tertiary/aromatic N) is 3. The van der Waals surface area contributed by atoms with Crippen LogP contribution >= 0.6 is 0 Å². The first-order valence-electron chi connectivity index (χ1n) is 10.1. The fourth-order valence-electron chi connectivity index (χ4n) is 3.69. The molecule has 0 aliphatic heterocycles.